The Morgan fingerprint density at radius 1 is 1.17 bits per heavy atom. The van der Waals surface area contributed by atoms with Crippen molar-refractivity contribution in [1.82, 2.24) is 24.9 Å². The molecule has 1 aliphatic heterocycles. The van der Waals surface area contributed by atoms with Crippen LogP contribution < -0.4 is 15.0 Å². The van der Waals surface area contributed by atoms with Crippen LogP contribution in [0.5, 0.6) is 11.8 Å². The molecule has 0 spiro atoms. The minimum atomic E-state index is -0.335. The summed E-state index contributed by atoms with van der Waals surface area (Å²) in [6.07, 6.45) is 3.15. The van der Waals surface area contributed by atoms with E-state index in [-0.39, 0.29) is 11.8 Å². The highest BCUT2D eigenvalue weighted by Crippen LogP contribution is 2.37. The van der Waals surface area contributed by atoms with Gasteiger partial charge in [-0.15, -0.1) is 0 Å². The number of morpholine rings is 1. The van der Waals surface area contributed by atoms with Gasteiger partial charge in [0.05, 0.1) is 42.2 Å². The van der Waals surface area contributed by atoms with E-state index in [4.69, 9.17) is 9.47 Å². The number of ether oxygens (including phenoxy) is 2. The van der Waals surface area contributed by atoms with Crippen LogP contribution in [0.1, 0.15) is 5.82 Å². The van der Waals surface area contributed by atoms with E-state index >= 15 is 0 Å². The zero-order valence-corrected chi connectivity index (χ0v) is 16.6. The molecule has 1 fully saturated rings. The first kappa shape index (κ1) is 18.5. The number of rotatable bonds is 4. The molecule has 1 saturated heterocycles. The third kappa shape index (κ3) is 3.24. The molecule has 10 heteroatoms. The Kier molecular flexibility index (Phi) is 4.55. The van der Waals surface area contributed by atoms with Crippen molar-refractivity contribution >= 4 is 33.4 Å². The number of hydrogen-bond donors (Lipinski definition) is 2. The van der Waals surface area contributed by atoms with E-state index in [0.29, 0.717) is 60.4 Å². The average Bonchev–Trinajstić information content (AvgIpc) is 3.13. The maximum absolute atomic E-state index is 14.3. The number of aromatic nitrogens is 5. The number of H-pyrrole nitrogens is 1. The lowest BCUT2D eigenvalue weighted by atomic mass is 10.1. The van der Waals surface area contributed by atoms with Crippen LogP contribution in [0.25, 0.3) is 21.9 Å². The molecular formula is C20H20FN7O2. The molecule has 3 aromatic heterocycles. The molecule has 154 valence electrons. The minimum Gasteiger partial charge on any atom is -0.421 e. The van der Waals surface area contributed by atoms with Crippen LogP contribution in [0.4, 0.5) is 15.9 Å². The van der Waals surface area contributed by atoms with Gasteiger partial charge in [-0.2, -0.15) is 9.97 Å². The van der Waals surface area contributed by atoms with Crippen LogP contribution in [0.15, 0.2) is 24.5 Å². The molecule has 0 saturated carbocycles. The number of aromatic amines is 1. The highest BCUT2D eigenvalue weighted by Gasteiger charge is 2.23. The largest absolute Gasteiger partial charge is 0.421 e. The first-order valence-electron chi connectivity index (χ1n) is 9.62. The van der Waals surface area contributed by atoms with Crippen LogP contribution in [0.2, 0.25) is 0 Å². The molecule has 0 bridgehead atoms. The molecule has 1 aromatic carbocycles. The quantitative estimate of drug-likeness (QED) is 0.530. The number of halogens is 1. The van der Waals surface area contributed by atoms with Crippen LogP contribution >= 0.6 is 0 Å². The molecule has 4 aromatic rings. The summed E-state index contributed by atoms with van der Waals surface area (Å²) in [5.74, 6) is 1.42. The van der Waals surface area contributed by atoms with Crippen molar-refractivity contribution in [2.24, 2.45) is 0 Å². The molecule has 0 unspecified atom stereocenters. The monoisotopic (exact) mass is 409 g/mol. The first-order valence-corrected chi connectivity index (χ1v) is 9.62. The standard InChI is InChI=1S/C20H20FN7O2/c1-11-23-9-13(10-24-11)30-20-26-18-16(19(27-20)28-3-5-29-6-4-28)14-7-12(21)8-15(22-2)17(14)25-18/h7-10,22H,3-6H2,1-2H3,(H,25,26,27). The van der Waals surface area contributed by atoms with Gasteiger partial charge in [0.15, 0.2) is 5.75 Å². The number of hydrogen-bond acceptors (Lipinski definition) is 8. The van der Waals surface area contributed by atoms with Crippen molar-refractivity contribution in [3.05, 3.63) is 36.2 Å². The van der Waals surface area contributed by atoms with Gasteiger partial charge in [0, 0.05) is 25.5 Å². The predicted octanol–water partition coefficient (Wildman–Crippen LogP) is 3.02. The number of aryl methyl sites for hydroxylation is 1. The van der Waals surface area contributed by atoms with Gasteiger partial charge in [-0.05, 0) is 19.1 Å². The van der Waals surface area contributed by atoms with E-state index in [2.05, 4.69) is 35.1 Å². The summed E-state index contributed by atoms with van der Waals surface area (Å²) in [6, 6.07) is 3.10. The van der Waals surface area contributed by atoms with Crippen LogP contribution in [-0.4, -0.2) is 58.3 Å². The zero-order chi connectivity index (χ0) is 20.7. The summed E-state index contributed by atoms with van der Waals surface area (Å²) in [5.41, 5.74) is 1.96. The van der Waals surface area contributed by atoms with Gasteiger partial charge in [-0.3, -0.25) is 0 Å². The third-order valence-electron chi connectivity index (χ3n) is 5.03. The van der Waals surface area contributed by atoms with E-state index in [1.54, 1.807) is 26.4 Å². The van der Waals surface area contributed by atoms with E-state index in [1.165, 1.54) is 12.1 Å². The highest BCUT2D eigenvalue weighted by atomic mass is 19.1. The summed E-state index contributed by atoms with van der Waals surface area (Å²) in [5, 5.41) is 4.48. The smallest absolute Gasteiger partial charge is 0.326 e. The van der Waals surface area contributed by atoms with E-state index < -0.39 is 0 Å². The van der Waals surface area contributed by atoms with E-state index in [1.807, 2.05) is 0 Å². The second-order valence-corrected chi connectivity index (χ2v) is 6.97. The van der Waals surface area contributed by atoms with E-state index in [9.17, 15) is 4.39 Å². The fourth-order valence-corrected chi connectivity index (χ4v) is 3.61. The Bertz CT molecular complexity index is 1220. The average molecular weight is 409 g/mol. The summed E-state index contributed by atoms with van der Waals surface area (Å²) < 4.78 is 25.6. The first-order chi connectivity index (χ1) is 14.6. The Labute approximate surface area is 171 Å². The highest BCUT2D eigenvalue weighted by molar-refractivity contribution is 6.14. The van der Waals surface area contributed by atoms with Crippen molar-refractivity contribution in [3.63, 3.8) is 0 Å². The molecule has 0 atom stereocenters. The molecule has 2 N–H and O–H groups in total. The summed E-state index contributed by atoms with van der Waals surface area (Å²) in [4.78, 5) is 22.9. The maximum atomic E-state index is 14.3. The summed E-state index contributed by atoms with van der Waals surface area (Å²) in [7, 11) is 1.75. The number of fused-ring (bicyclic) bond motifs is 3. The van der Waals surface area contributed by atoms with Gasteiger partial charge < -0.3 is 24.7 Å². The second kappa shape index (κ2) is 7.38. The van der Waals surface area contributed by atoms with Crippen molar-refractivity contribution in [2.75, 3.05) is 43.6 Å². The van der Waals surface area contributed by atoms with Crippen molar-refractivity contribution in [2.45, 2.75) is 6.92 Å². The lowest BCUT2D eigenvalue weighted by Gasteiger charge is -2.28. The molecular weight excluding hydrogens is 389 g/mol. The van der Waals surface area contributed by atoms with Crippen molar-refractivity contribution in [3.8, 4) is 11.8 Å². The Morgan fingerprint density at radius 2 is 1.93 bits per heavy atom. The van der Waals surface area contributed by atoms with Crippen LogP contribution in [0, 0.1) is 12.7 Å². The number of benzene rings is 1. The Hall–Kier alpha value is -3.53. The maximum Gasteiger partial charge on any atom is 0.326 e. The molecule has 0 amide bonds. The lowest BCUT2D eigenvalue weighted by Crippen LogP contribution is -2.37. The number of anilines is 2. The number of nitrogens with zero attached hydrogens (tertiary/aromatic N) is 5. The van der Waals surface area contributed by atoms with Gasteiger partial charge >= 0.3 is 6.01 Å². The van der Waals surface area contributed by atoms with Crippen LogP contribution in [0.3, 0.4) is 0 Å². The van der Waals surface area contributed by atoms with Crippen LogP contribution in [-0.2, 0) is 4.74 Å². The fourth-order valence-electron chi connectivity index (χ4n) is 3.61. The molecule has 1 aliphatic rings. The number of nitrogens with one attached hydrogen (secondary N) is 2. The van der Waals surface area contributed by atoms with Crippen molar-refractivity contribution < 1.29 is 13.9 Å². The SMILES string of the molecule is CNc1cc(F)cc2c1[nH]c1nc(Oc3cnc(C)nc3)nc(N3CCOCC3)c12. The zero-order valence-electron chi connectivity index (χ0n) is 16.6. The normalized spacial score (nSPS) is 14.4. The van der Waals surface area contributed by atoms with Gasteiger partial charge in [0.2, 0.25) is 0 Å². The lowest BCUT2D eigenvalue weighted by molar-refractivity contribution is 0.122. The second-order valence-electron chi connectivity index (χ2n) is 6.97. The molecule has 30 heavy (non-hydrogen) atoms. The van der Waals surface area contributed by atoms with Gasteiger partial charge in [-0.25, -0.2) is 14.4 Å². The minimum absolute atomic E-state index is 0.162. The Morgan fingerprint density at radius 3 is 2.67 bits per heavy atom. The Balaban J connectivity index is 1.71. The molecule has 0 radical (unpaired) electrons. The molecule has 0 aliphatic carbocycles. The van der Waals surface area contributed by atoms with Gasteiger partial charge in [0.1, 0.15) is 23.1 Å². The van der Waals surface area contributed by atoms with E-state index in [0.717, 1.165) is 10.9 Å². The fraction of sp³-hybridized carbons (Fsp3) is 0.300. The predicted molar refractivity (Wildman–Crippen MR) is 111 cm³/mol. The summed E-state index contributed by atoms with van der Waals surface area (Å²) >= 11 is 0. The molecule has 4 heterocycles. The topological polar surface area (TPSA) is 101 Å². The summed E-state index contributed by atoms with van der Waals surface area (Å²) in [6.45, 7) is 4.31. The van der Waals surface area contributed by atoms with Crippen molar-refractivity contribution in [1.29, 1.82) is 0 Å². The van der Waals surface area contributed by atoms with Gasteiger partial charge in [0.25, 0.3) is 0 Å². The molecule has 5 rings (SSSR count). The van der Waals surface area contributed by atoms with Gasteiger partial charge in [-0.1, -0.05) is 0 Å². The third-order valence-corrected chi connectivity index (χ3v) is 5.03. The molecule has 9 nitrogen and oxygen atoms in total.